The van der Waals surface area contributed by atoms with Crippen LogP contribution in [-0.4, -0.2) is 35.6 Å². The number of hydrazine groups is 1. The number of hydrogen-bond donors (Lipinski definition) is 2. The zero-order valence-electron chi connectivity index (χ0n) is 14.0. The van der Waals surface area contributed by atoms with Crippen molar-refractivity contribution in [3.63, 3.8) is 0 Å². The summed E-state index contributed by atoms with van der Waals surface area (Å²) in [5, 5.41) is 0. The van der Waals surface area contributed by atoms with Gasteiger partial charge in [-0.3, -0.25) is 10.9 Å². The summed E-state index contributed by atoms with van der Waals surface area (Å²) in [6.07, 6.45) is 6.46. The molecule has 1 aromatic carbocycles. The van der Waals surface area contributed by atoms with E-state index in [4.69, 9.17) is 4.98 Å². The lowest BCUT2D eigenvalue weighted by Gasteiger charge is -2.36. The highest BCUT2D eigenvalue weighted by molar-refractivity contribution is 5.38. The Labute approximate surface area is 143 Å². The normalized spacial score (nSPS) is 24.2. The number of nitrogens with one attached hydrogen (secondary N) is 2. The van der Waals surface area contributed by atoms with Crippen molar-refractivity contribution in [2.75, 3.05) is 24.5 Å². The van der Waals surface area contributed by atoms with E-state index >= 15 is 0 Å². The van der Waals surface area contributed by atoms with Gasteiger partial charge in [0.1, 0.15) is 11.6 Å². The fourth-order valence-electron chi connectivity index (χ4n) is 3.83. The summed E-state index contributed by atoms with van der Waals surface area (Å²) in [6.45, 7) is 3.26. The molecule has 2 unspecified atom stereocenters. The number of rotatable bonds is 4. The standard InChI is InChI=1S/C19H25N5/c1-2-5-15(6-3-1)13-18-20-10-9-19(22-18)24-12-4-7-16(14-24)17-8-11-21-23-17/h1-3,5-6,9-10,16-17,21,23H,4,7-8,11-14H2. The third-order valence-corrected chi connectivity index (χ3v) is 5.11. The molecular weight excluding hydrogens is 298 g/mol. The van der Waals surface area contributed by atoms with E-state index < -0.39 is 0 Å². The summed E-state index contributed by atoms with van der Waals surface area (Å²) in [5.74, 6) is 2.68. The van der Waals surface area contributed by atoms with Gasteiger partial charge in [0.25, 0.3) is 0 Å². The van der Waals surface area contributed by atoms with Crippen molar-refractivity contribution in [2.45, 2.75) is 31.7 Å². The first-order valence-corrected chi connectivity index (χ1v) is 8.98. The summed E-state index contributed by atoms with van der Waals surface area (Å²) >= 11 is 0. The molecule has 0 radical (unpaired) electrons. The third-order valence-electron chi connectivity index (χ3n) is 5.11. The Kier molecular flexibility index (Phi) is 4.71. The first-order valence-electron chi connectivity index (χ1n) is 8.98. The highest BCUT2D eigenvalue weighted by Gasteiger charge is 2.29. The Bertz CT molecular complexity index is 654. The molecule has 24 heavy (non-hydrogen) atoms. The summed E-state index contributed by atoms with van der Waals surface area (Å²) in [7, 11) is 0. The fraction of sp³-hybridized carbons (Fsp3) is 0.474. The molecule has 0 amide bonds. The lowest BCUT2D eigenvalue weighted by atomic mass is 9.90. The van der Waals surface area contributed by atoms with Crippen LogP contribution in [0.25, 0.3) is 0 Å². The lowest BCUT2D eigenvalue weighted by molar-refractivity contribution is 0.319. The van der Waals surface area contributed by atoms with E-state index in [9.17, 15) is 0 Å². The van der Waals surface area contributed by atoms with Crippen LogP contribution in [0.3, 0.4) is 0 Å². The van der Waals surface area contributed by atoms with E-state index in [1.165, 1.54) is 24.8 Å². The minimum atomic E-state index is 0.596. The molecule has 126 valence electrons. The zero-order chi connectivity index (χ0) is 16.2. The van der Waals surface area contributed by atoms with Gasteiger partial charge in [0.15, 0.2) is 0 Å². The van der Waals surface area contributed by atoms with Crippen molar-refractivity contribution in [3.8, 4) is 0 Å². The SMILES string of the molecule is c1ccc(Cc2nccc(N3CCCC(C4CCNN4)C3)n2)cc1. The average molecular weight is 323 g/mol. The molecule has 0 saturated carbocycles. The second-order valence-corrected chi connectivity index (χ2v) is 6.81. The van der Waals surface area contributed by atoms with E-state index in [1.807, 2.05) is 12.3 Å². The second-order valence-electron chi connectivity index (χ2n) is 6.81. The Hall–Kier alpha value is -1.98. The van der Waals surface area contributed by atoms with Gasteiger partial charge in [-0.15, -0.1) is 0 Å². The summed E-state index contributed by atoms with van der Waals surface area (Å²) in [5.41, 5.74) is 7.96. The van der Waals surface area contributed by atoms with Crippen molar-refractivity contribution < 1.29 is 0 Å². The molecule has 2 N–H and O–H groups in total. The Morgan fingerprint density at radius 2 is 2.04 bits per heavy atom. The summed E-state index contributed by atoms with van der Waals surface area (Å²) in [4.78, 5) is 11.7. The van der Waals surface area contributed by atoms with Crippen LogP contribution in [0.15, 0.2) is 42.6 Å². The van der Waals surface area contributed by atoms with Gasteiger partial charge in [0, 0.05) is 38.3 Å². The molecule has 2 aliphatic heterocycles. The number of hydrogen-bond acceptors (Lipinski definition) is 5. The smallest absolute Gasteiger partial charge is 0.135 e. The molecule has 2 aliphatic rings. The largest absolute Gasteiger partial charge is 0.356 e. The van der Waals surface area contributed by atoms with Crippen molar-refractivity contribution >= 4 is 5.82 Å². The molecule has 5 nitrogen and oxygen atoms in total. The fourth-order valence-corrected chi connectivity index (χ4v) is 3.83. The minimum absolute atomic E-state index is 0.596. The van der Waals surface area contributed by atoms with Crippen LogP contribution in [0.4, 0.5) is 5.82 Å². The van der Waals surface area contributed by atoms with Crippen LogP contribution in [0, 0.1) is 5.92 Å². The highest BCUT2D eigenvalue weighted by atomic mass is 15.4. The van der Waals surface area contributed by atoms with Gasteiger partial charge in [-0.05, 0) is 36.8 Å². The minimum Gasteiger partial charge on any atom is -0.356 e. The third kappa shape index (κ3) is 3.57. The molecule has 2 atom stereocenters. The molecule has 5 heteroatoms. The van der Waals surface area contributed by atoms with E-state index in [1.54, 1.807) is 0 Å². The van der Waals surface area contributed by atoms with Gasteiger partial charge in [0.05, 0.1) is 0 Å². The number of anilines is 1. The first-order chi connectivity index (χ1) is 11.9. The number of aromatic nitrogens is 2. The maximum Gasteiger partial charge on any atom is 0.135 e. The van der Waals surface area contributed by atoms with Crippen molar-refractivity contribution in [2.24, 2.45) is 5.92 Å². The van der Waals surface area contributed by atoms with Crippen LogP contribution in [0.2, 0.25) is 0 Å². The van der Waals surface area contributed by atoms with Crippen LogP contribution in [0.5, 0.6) is 0 Å². The second kappa shape index (κ2) is 7.28. The van der Waals surface area contributed by atoms with Gasteiger partial charge < -0.3 is 4.90 Å². The maximum atomic E-state index is 4.83. The topological polar surface area (TPSA) is 53.1 Å². The van der Waals surface area contributed by atoms with Gasteiger partial charge in [-0.1, -0.05) is 30.3 Å². The molecular formula is C19H25N5. The van der Waals surface area contributed by atoms with Gasteiger partial charge in [-0.2, -0.15) is 0 Å². The molecule has 2 fully saturated rings. The Balaban J connectivity index is 1.46. The van der Waals surface area contributed by atoms with Gasteiger partial charge in [-0.25, -0.2) is 9.97 Å². The lowest BCUT2D eigenvalue weighted by Crippen LogP contribution is -2.45. The quantitative estimate of drug-likeness (QED) is 0.903. The highest BCUT2D eigenvalue weighted by Crippen LogP contribution is 2.25. The van der Waals surface area contributed by atoms with E-state index in [0.717, 1.165) is 37.7 Å². The van der Waals surface area contributed by atoms with Crippen molar-refractivity contribution in [3.05, 3.63) is 54.0 Å². The monoisotopic (exact) mass is 323 g/mol. The van der Waals surface area contributed by atoms with E-state index in [0.29, 0.717) is 12.0 Å². The summed E-state index contributed by atoms with van der Waals surface area (Å²) < 4.78 is 0. The van der Waals surface area contributed by atoms with Crippen LogP contribution < -0.4 is 15.8 Å². The van der Waals surface area contributed by atoms with Crippen molar-refractivity contribution in [1.82, 2.24) is 20.8 Å². The molecule has 2 aromatic rings. The zero-order valence-corrected chi connectivity index (χ0v) is 14.0. The number of piperidine rings is 1. The van der Waals surface area contributed by atoms with Gasteiger partial charge >= 0.3 is 0 Å². The molecule has 4 rings (SSSR count). The average Bonchev–Trinajstić information content (AvgIpc) is 3.18. The Morgan fingerprint density at radius 1 is 1.12 bits per heavy atom. The van der Waals surface area contributed by atoms with Crippen molar-refractivity contribution in [1.29, 1.82) is 0 Å². The van der Waals surface area contributed by atoms with Crippen LogP contribution in [-0.2, 0) is 6.42 Å². The molecule has 3 heterocycles. The predicted molar refractivity (Wildman–Crippen MR) is 95.8 cm³/mol. The van der Waals surface area contributed by atoms with Crippen LogP contribution in [0.1, 0.15) is 30.7 Å². The van der Waals surface area contributed by atoms with Gasteiger partial charge in [0.2, 0.25) is 0 Å². The van der Waals surface area contributed by atoms with E-state index in [2.05, 4.69) is 51.1 Å². The number of nitrogens with zero attached hydrogens (tertiary/aromatic N) is 3. The maximum absolute atomic E-state index is 4.83. The van der Waals surface area contributed by atoms with Crippen LogP contribution >= 0.6 is 0 Å². The molecule has 0 bridgehead atoms. The number of benzene rings is 1. The Morgan fingerprint density at radius 3 is 2.88 bits per heavy atom. The summed E-state index contributed by atoms with van der Waals surface area (Å²) in [6, 6.07) is 13.1. The first kappa shape index (κ1) is 15.5. The molecule has 0 spiro atoms. The predicted octanol–water partition coefficient (Wildman–Crippen LogP) is 2.15. The van der Waals surface area contributed by atoms with E-state index in [-0.39, 0.29) is 0 Å². The molecule has 1 aromatic heterocycles. The molecule has 0 aliphatic carbocycles. The molecule has 2 saturated heterocycles.